The lowest BCUT2D eigenvalue weighted by Crippen LogP contribution is -2.49. The third-order valence-corrected chi connectivity index (χ3v) is 4.91. The van der Waals surface area contributed by atoms with Gasteiger partial charge in [-0.3, -0.25) is 9.69 Å². The zero-order valence-corrected chi connectivity index (χ0v) is 13.6. The van der Waals surface area contributed by atoms with Crippen LogP contribution in [0.3, 0.4) is 0 Å². The van der Waals surface area contributed by atoms with E-state index in [4.69, 9.17) is 4.74 Å². The maximum atomic E-state index is 12.7. The van der Waals surface area contributed by atoms with E-state index < -0.39 is 5.54 Å². The van der Waals surface area contributed by atoms with Crippen LogP contribution in [-0.4, -0.2) is 35.5 Å². The molecule has 1 N–H and O–H groups in total. The summed E-state index contributed by atoms with van der Waals surface area (Å²) in [5, 5.41) is 2.94. The highest BCUT2D eigenvalue weighted by Crippen LogP contribution is 2.36. The molecule has 124 valence electrons. The van der Waals surface area contributed by atoms with Crippen LogP contribution in [0.5, 0.6) is 5.75 Å². The van der Waals surface area contributed by atoms with Crippen LogP contribution in [0.15, 0.2) is 30.3 Å². The highest BCUT2D eigenvalue weighted by Gasteiger charge is 2.51. The molecule has 0 bridgehead atoms. The number of benzene rings is 1. The number of hydrogen-bond donors (Lipinski definition) is 1. The summed E-state index contributed by atoms with van der Waals surface area (Å²) in [5.41, 5.74) is -0.635. The Hall–Kier alpha value is -2.04. The molecule has 0 aromatic heterocycles. The standard InChI is InChI=1S/C18H24N2O3/c1-14-8-10-18(11-9-14)16(21)20(17(22)19-18)12-5-13-23-15-6-3-2-4-7-15/h2-4,6-7,14H,5,8-13H2,1H3,(H,19,22). The molecular weight excluding hydrogens is 292 g/mol. The largest absolute Gasteiger partial charge is 0.494 e. The number of nitrogens with zero attached hydrogens (tertiary/aromatic N) is 1. The van der Waals surface area contributed by atoms with Gasteiger partial charge in [0.15, 0.2) is 0 Å². The van der Waals surface area contributed by atoms with Crippen molar-refractivity contribution < 1.29 is 14.3 Å². The lowest BCUT2D eigenvalue weighted by molar-refractivity contribution is -0.132. The number of carbonyl (C=O) groups is 2. The number of carbonyl (C=O) groups excluding carboxylic acids is 2. The normalized spacial score (nSPS) is 27.3. The number of urea groups is 1. The van der Waals surface area contributed by atoms with Crippen LogP contribution in [0.2, 0.25) is 0 Å². The zero-order valence-electron chi connectivity index (χ0n) is 13.6. The molecule has 23 heavy (non-hydrogen) atoms. The summed E-state index contributed by atoms with van der Waals surface area (Å²) in [6.07, 6.45) is 4.15. The lowest BCUT2D eigenvalue weighted by atomic mass is 9.77. The van der Waals surface area contributed by atoms with Crippen molar-refractivity contribution in [2.75, 3.05) is 13.2 Å². The van der Waals surface area contributed by atoms with E-state index in [1.165, 1.54) is 4.90 Å². The van der Waals surface area contributed by atoms with Gasteiger partial charge in [0.05, 0.1) is 6.61 Å². The molecule has 1 heterocycles. The van der Waals surface area contributed by atoms with Crippen molar-refractivity contribution in [3.8, 4) is 5.75 Å². The molecule has 3 amide bonds. The minimum atomic E-state index is -0.635. The number of hydrogen-bond acceptors (Lipinski definition) is 3. The van der Waals surface area contributed by atoms with Gasteiger partial charge < -0.3 is 10.1 Å². The molecule has 1 aromatic rings. The molecule has 1 spiro atoms. The molecule has 3 rings (SSSR count). The molecule has 0 atom stereocenters. The van der Waals surface area contributed by atoms with Crippen LogP contribution in [0.25, 0.3) is 0 Å². The maximum absolute atomic E-state index is 12.7. The molecule has 1 saturated heterocycles. The molecule has 5 heteroatoms. The molecule has 2 aliphatic rings. The second kappa shape index (κ2) is 6.60. The Morgan fingerprint density at radius 1 is 1.22 bits per heavy atom. The third-order valence-electron chi connectivity index (χ3n) is 4.91. The Kier molecular flexibility index (Phi) is 4.55. The summed E-state index contributed by atoms with van der Waals surface area (Å²) in [6, 6.07) is 9.31. The van der Waals surface area contributed by atoms with E-state index in [1.54, 1.807) is 0 Å². The average Bonchev–Trinajstić information content (AvgIpc) is 2.79. The van der Waals surface area contributed by atoms with Gasteiger partial charge in [-0.25, -0.2) is 4.79 Å². The van der Waals surface area contributed by atoms with Crippen LogP contribution < -0.4 is 10.1 Å². The van der Waals surface area contributed by atoms with Crippen molar-refractivity contribution in [1.82, 2.24) is 10.2 Å². The molecule has 1 aliphatic heterocycles. The van der Waals surface area contributed by atoms with E-state index in [0.29, 0.717) is 25.5 Å². The van der Waals surface area contributed by atoms with Crippen LogP contribution in [0, 0.1) is 5.92 Å². The lowest BCUT2D eigenvalue weighted by Gasteiger charge is -2.33. The fourth-order valence-corrected chi connectivity index (χ4v) is 3.40. The van der Waals surface area contributed by atoms with Crippen molar-refractivity contribution >= 4 is 11.9 Å². The first-order valence-corrected chi connectivity index (χ1v) is 8.43. The SMILES string of the molecule is CC1CCC2(CC1)NC(=O)N(CCCOc1ccccc1)C2=O. The van der Waals surface area contributed by atoms with Crippen molar-refractivity contribution in [2.24, 2.45) is 5.92 Å². The molecular formula is C18H24N2O3. The van der Waals surface area contributed by atoms with Crippen LogP contribution >= 0.6 is 0 Å². The molecule has 1 aliphatic carbocycles. The fourth-order valence-electron chi connectivity index (χ4n) is 3.40. The van der Waals surface area contributed by atoms with Gasteiger partial charge in [-0.2, -0.15) is 0 Å². The topological polar surface area (TPSA) is 58.6 Å². The summed E-state index contributed by atoms with van der Waals surface area (Å²) >= 11 is 0. The van der Waals surface area contributed by atoms with Crippen molar-refractivity contribution in [2.45, 2.75) is 44.6 Å². The number of para-hydroxylation sites is 1. The van der Waals surface area contributed by atoms with Crippen molar-refractivity contribution in [3.63, 3.8) is 0 Å². The Bertz CT molecular complexity index is 565. The number of rotatable bonds is 5. The second-order valence-corrected chi connectivity index (χ2v) is 6.67. The number of imide groups is 1. The summed E-state index contributed by atoms with van der Waals surface area (Å²) in [4.78, 5) is 26.2. The van der Waals surface area contributed by atoms with Gasteiger partial charge in [-0.1, -0.05) is 25.1 Å². The predicted octanol–water partition coefficient (Wildman–Crippen LogP) is 2.96. The first-order valence-electron chi connectivity index (χ1n) is 8.43. The van der Waals surface area contributed by atoms with Gasteiger partial charge in [0.2, 0.25) is 0 Å². The highest BCUT2D eigenvalue weighted by molar-refractivity contribution is 6.07. The van der Waals surface area contributed by atoms with Gasteiger partial charge in [0, 0.05) is 6.54 Å². The first-order chi connectivity index (χ1) is 11.1. The number of nitrogens with one attached hydrogen (secondary N) is 1. The summed E-state index contributed by atoms with van der Waals surface area (Å²) in [6.45, 7) is 3.10. The Morgan fingerprint density at radius 2 is 1.91 bits per heavy atom. The zero-order chi connectivity index (χ0) is 16.3. The quantitative estimate of drug-likeness (QED) is 0.671. The van der Waals surface area contributed by atoms with E-state index in [9.17, 15) is 9.59 Å². The smallest absolute Gasteiger partial charge is 0.325 e. The minimum absolute atomic E-state index is 0.0471. The molecule has 1 saturated carbocycles. The van der Waals surface area contributed by atoms with Crippen molar-refractivity contribution in [3.05, 3.63) is 30.3 Å². The fraction of sp³-hybridized carbons (Fsp3) is 0.556. The maximum Gasteiger partial charge on any atom is 0.325 e. The van der Waals surface area contributed by atoms with Crippen molar-refractivity contribution in [1.29, 1.82) is 0 Å². The second-order valence-electron chi connectivity index (χ2n) is 6.67. The number of amides is 3. The monoisotopic (exact) mass is 316 g/mol. The van der Waals surface area contributed by atoms with Crippen LogP contribution in [-0.2, 0) is 4.79 Å². The van der Waals surface area contributed by atoms with E-state index in [2.05, 4.69) is 12.2 Å². The Morgan fingerprint density at radius 3 is 2.61 bits per heavy atom. The third kappa shape index (κ3) is 3.33. The van der Waals surface area contributed by atoms with Crippen LogP contribution in [0.4, 0.5) is 4.79 Å². The van der Waals surface area contributed by atoms with E-state index in [0.717, 1.165) is 31.4 Å². The summed E-state index contributed by atoms with van der Waals surface area (Å²) in [7, 11) is 0. The van der Waals surface area contributed by atoms with Gasteiger partial charge in [-0.15, -0.1) is 0 Å². The number of ether oxygens (including phenoxy) is 1. The van der Waals surface area contributed by atoms with Crippen LogP contribution in [0.1, 0.15) is 39.0 Å². The molecule has 2 fully saturated rings. The summed E-state index contributed by atoms with van der Waals surface area (Å²) < 4.78 is 5.62. The van der Waals surface area contributed by atoms with Gasteiger partial charge in [0.1, 0.15) is 11.3 Å². The minimum Gasteiger partial charge on any atom is -0.494 e. The van der Waals surface area contributed by atoms with Gasteiger partial charge in [0.25, 0.3) is 5.91 Å². The van der Waals surface area contributed by atoms with Gasteiger partial charge >= 0.3 is 6.03 Å². The van der Waals surface area contributed by atoms with E-state index in [1.807, 2.05) is 30.3 Å². The molecule has 1 aromatic carbocycles. The van der Waals surface area contributed by atoms with E-state index >= 15 is 0 Å². The average molecular weight is 316 g/mol. The molecule has 0 unspecified atom stereocenters. The van der Waals surface area contributed by atoms with E-state index in [-0.39, 0.29) is 11.9 Å². The van der Waals surface area contributed by atoms with Gasteiger partial charge in [-0.05, 0) is 50.2 Å². The Labute approximate surface area is 137 Å². The molecule has 0 radical (unpaired) electrons. The highest BCUT2D eigenvalue weighted by atomic mass is 16.5. The predicted molar refractivity (Wildman–Crippen MR) is 87.2 cm³/mol. The Balaban J connectivity index is 1.50. The first kappa shape index (κ1) is 15.8. The molecule has 5 nitrogen and oxygen atoms in total. The summed E-state index contributed by atoms with van der Waals surface area (Å²) in [5.74, 6) is 1.40.